The highest BCUT2D eigenvalue weighted by Crippen LogP contribution is 2.29. The van der Waals surface area contributed by atoms with E-state index in [-0.39, 0.29) is 30.6 Å². The van der Waals surface area contributed by atoms with Gasteiger partial charge in [-0.25, -0.2) is 8.42 Å². The Morgan fingerprint density at radius 3 is 2.60 bits per heavy atom. The van der Waals surface area contributed by atoms with Crippen molar-refractivity contribution in [1.82, 2.24) is 0 Å². The number of sulfone groups is 1. The second-order valence-corrected chi connectivity index (χ2v) is 6.60. The molecule has 5 nitrogen and oxygen atoms in total. The molecule has 1 saturated heterocycles. The molecule has 0 aliphatic carbocycles. The number of hydrogen-bond acceptors (Lipinski definition) is 5. The quantitative estimate of drug-likeness (QED) is 0.700. The molecule has 0 aromatic rings. The lowest BCUT2D eigenvalue weighted by atomic mass is 9.80. The fourth-order valence-electron chi connectivity index (χ4n) is 1.54. The molecule has 6 heteroatoms. The summed E-state index contributed by atoms with van der Waals surface area (Å²) in [6.45, 7) is 2.38. The minimum Gasteiger partial charge on any atom is -0.379 e. The minimum atomic E-state index is -3.10. The Labute approximate surface area is 89.9 Å². The lowest BCUT2D eigenvalue weighted by Gasteiger charge is -2.24. The van der Waals surface area contributed by atoms with E-state index in [2.05, 4.69) is 0 Å². The fourth-order valence-corrected chi connectivity index (χ4v) is 2.10. The lowest BCUT2D eigenvalue weighted by Crippen LogP contribution is -2.44. The zero-order chi connectivity index (χ0) is 11.7. The molecule has 1 aliphatic heterocycles. The van der Waals surface area contributed by atoms with Crippen molar-refractivity contribution in [2.24, 2.45) is 11.1 Å². The lowest BCUT2D eigenvalue weighted by molar-refractivity contribution is -0.128. The van der Waals surface area contributed by atoms with Gasteiger partial charge < -0.3 is 10.5 Å². The van der Waals surface area contributed by atoms with Crippen molar-refractivity contribution >= 4 is 15.6 Å². The van der Waals surface area contributed by atoms with Crippen LogP contribution in [-0.4, -0.2) is 45.5 Å². The zero-order valence-corrected chi connectivity index (χ0v) is 9.84. The van der Waals surface area contributed by atoms with Gasteiger partial charge in [-0.05, 0) is 6.92 Å². The van der Waals surface area contributed by atoms with Crippen LogP contribution in [0, 0.1) is 5.41 Å². The first-order valence-electron chi connectivity index (χ1n) is 4.80. The second-order valence-electron chi connectivity index (χ2n) is 4.34. The first-order chi connectivity index (χ1) is 6.76. The van der Waals surface area contributed by atoms with Crippen LogP contribution in [0.15, 0.2) is 0 Å². The van der Waals surface area contributed by atoms with E-state index in [1.165, 1.54) is 0 Å². The van der Waals surface area contributed by atoms with Crippen LogP contribution >= 0.6 is 0 Å². The Balaban J connectivity index is 2.61. The number of Topliss-reactive ketones (excluding diaryl/α,β-unsaturated/α-hetero) is 1. The van der Waals surface area contributed by atoms with E-state index in [0.717, 1.165) is 6.26 Å². The molecule has 2 atom stereocenters. The van der Waals surface area contributed by atoms with Gasteiger partial charge in [0.25, 0.3) is 0 Å². The highest BCUT2D eigenvalue weighted by Gasteiger charge is 2.43. The van der Waals surface area contributed by atoms with Crippen LogP contribution in [-0.2, 0) is 19.4 Å². The fraction of sp³-hybridized carbons (Fsp3) is 0.889. The summed E-state index contributed by atoms with van der Waals surface area (Å²) in [5, 5.41) is 0. The molecular formula is C9H17NO4S. The Morgan fingerprint density at radius 2 is 2.20 bits per heavy atom. The Hall–Kier alpha value is -0.460. The smallest absolute Gasteiger partial charge is 0.147 e. The molecule has 2 unspecified atom stereocenters. The maximum Gasteiger partial charge on any atom is 0.147 e. The van der Waals surface area contributed by atoms with Crippen LogP contribution in [0.2, 0.25) is 0 Å². The molecule has 0 aromatic heterocycles. The predicted molar refractivity (Wildman–Crippen MR) is 56.2 cm³/mol. The number of nitrogens with two attached hydrogens (primary N) is 1. The van der Waals surface area contributed by atoms with Gasteiger partial charge in [0.05, 0.1) is 24.4 Å². The summed E-state index contributed by atoms with van der Waals surface area (Å²) in [6.07, 6.45) is 1.14. The summed E-state index contributed by atoms with van der Waals surface area (Å²) in [5.74, 6) is -0.244. The second kappa shape index (κ2) is 4.19. The van der Waals surface area contributed by atoms with Gasteiger partial charge in [0.15, 0.2) is 0 Å². The number of carbonyl (C=O) groups excluding carboxylic acids is 1. The van der Waals surface area contributed by atoms with Crippen molar-refractivity contribution in [3.8, 4) is 0 Å². The number of rotatable bonds is 4. The molecule has 0 spiro atoms. The summed E-state index contributed by atoms with van der Waals surface area (Å²) in [6, 6.07) is -0.329. The van der Waals surface area contributed by atoms with Crippen molar-refractivity contribution in [3.63, 3.8) is 0 Å². The molecule has 1 rings (SSSR count). The van der Waals surface area contributed by atoms with Crippen LogP contribution in [0.1, 0.15) is 13.3 Å². The first-order valence-corrected chi connectivity index (χ1v) is 6.86. The van der Waals surface area contributed by atoms with Crippen molar-refractivity contribution in [2.45, 2.75) is 19.4 Å². The predicted octanol–water partition coefficient (Wildman–Crippen LogP) is -0.646. The molecule has 0 aromatic carbocycles. The summed E-state index contributed by atoms with van der Waals surface area (Å²) in [4.78, 5) is 11.8. The van der Waals surface area contributed by atoms with Crippen LogP contribution in [0.5, 0.6) is 0 Å². The van der Waals surface area contributed by atoms with Crippen LogP contribution in [0.3, 0.4) is 0 Å². The number of ketones is 1. The highest BCUT2D eigenvalue weighted by molar-refractivity contribution is 7.90. The van der Waals surface area contributed by atoms with Gasteiger partial charge in [-0.2, -0.15) is 0 Å². The molecule has 2 N–H and O–H groups in total. The van der Waals surface area contributed by atoms with Crippen LogP contribution in [0.25, 0.3) is 0 Å². The number of ether oxygens (including phenoxy) is 1. The van der Waals surface area contributed by atoms with Crippen molar-refractivity contribution in [3.05, 3.63) is 0 Å². The third-order valence-corrected chi connectivity index (χ3v) is 3.80. The van der Waals surface area contributed by atoms with E-state index in [4.69, 9.17) is 10.5 Å². The average molecular weight is 235 g/mol. The minimum absolute atomic E-state index is 0.0202. The largest absolute Gasteiger partial charge is 0.379 e. The molecule has 0 amide bonds. The van der Waals surface area contributed by atoms with E-state index < -0.39 is 15.3 Å². The first kappa shape index (κ1) is 12.6. The van der Waals surface area contributed by atoms with Gasteiger partial charge in [0.2, 0.25) is 0 Å². The Kier molecular flexibility index (Phi) is 3.52. The summed E-state index contributed by atoms with van der Waals surface area (Å²) >= 11 is 0. The van der Waals surface area contributed by atoms with Gasteiger partial charge in [0, 0.05) is 18.7 Å². The molecule has 0 saturated carbocycles. The summed E-state index contributed by atoms with van der Waals surface area (Å²) < 4.78 is 27.0. The number of hydrogen-bond donors (Lipinski definition) is 1. The highest BCUT2D eigenvalue weighted by atomic mass is 32.2. The maximum atomic E-state index is 11.8. The molecule has 1 fully saturated rings. The number of carbonyl (C=O) groups is 1. The molecule has 88 valence electrons. The third kappa shape index (κ3) is 2.99. The van der Waals surface area contributed by atoms with E-state index >= 15 is 0 Å². The Bertz CT molecular complexity index is 351. The summed E-state index contributed by atoms with van der Waals surface area (Å²) in [7, 11) is -3.10. The molecule has 0 bridgehead atoms. The van der Waals surface area contributed by atoms with Gasteiger partial charge in [-0.1, -0.05) is 0 Å². The van der Waals surface area contributed by atoms with Crippen molar-refractivity contribution in [2.75, 3.05) is 25.2 Å². The van der Waals surface area contributed by atoms with Crippen LogP contribution in [0.4, 0.5) is 0 Å². The van der Waals surface area contributed by atoms with E-state index in [9.17, 15) is 13.2 Å². The van der Waals surface area contributed by atoms with Gasteiger partial charge >= 0.3 is 0 Å². The molecular weight excluding hydrogens is 218 g/mol. The zero-order valence-electron chi connectivity index (χ0n) is 9.02. The van der Waals surface area contributed by atoms with Gasteiger partial charge in [-0.15, -0.1) is 0 Å². The average Bonchev–Trinajstić information content (AvgIpc) is 2.43. The Morgan fingerprint density at radius 1 is 1.60 bits per heavy atom. The summed E-state index contributed by atoms with van der Waals surface area (Å²) in [5.41, 5.74) is 5.04. The standard InChI is InChI=1S/C9H17NO4S/c1-9(6-14-5-7(9)10)8(11)3-4-15(2,12)13/h7H,3-6,10H2,1-2H3. The van der Waals surface area contributed by atoms with Gasteiger partial charge in [0.1, 0.15) is 15.6 Å². The van der Waals surface area contributed by atoms with Crippen LogP contribution < -0.4 is 5.73 Å². The SMILES string of the molecule is CC1(C(=O)CCS(C)(=O)=O)COCC1N. The molecule has 1 heterocycles. The van der Waals surface area contributed by atoms with Gasteiger partial charge in [-0.3, -0.25) is 4.79 Å². The van der Waals surface area contributed by atoms with E-state index in [0.29, 0.717) is 6.61 Å². The van der Waals surface area contributed by atoms with E-state index in [1.54, 1.807) is 6.92 Å². The van der Waals surface area contributed by atoms with E-state index in [1.807, 2.05) is 0 Å². The van der Waals surface area contributed by atoms with Crippen molar-refractivity contribution < 1.29 is 17.9 Å². The maximum absolute atomic E-state index is 11.8. The topological polar surface area (TPSA) is 86.5 Å². The monoisotopic (exact) mass is 235 g/mol. The van der Waals surface area contributed by atoms with Crippen molar-refractivity contribution in [1.29, 1.82) is 0 Å². The molecule has 15 heavy (non-hydrogen) atoms. The third-order valence-electron chi connectivity index (χ3n) is 2.85. The molecule has 0 radical (unpaired) electrons. The normalized spacial score (nSPS) is 31.8. The molecule has 1 aliphatic rings.